The van der Waals surface area contributed by atoms with Crippen LogP contribution < -0.4 is 5.73 Å². The Balaban J connectivity index is 1.59. The number of carbonyl (C=O) groups excluding carboxylic acids is 2. The lowest BCUT2D eigenvalue weighted by atomic mass is 9.94. The number of rotatable bonds is 5. The molecule has 132 valence electrons. The summed E-state index contributed by atoms with van der Waals surface area (Å²) in [5, 5.41) is 6.82. The minimum Gasteiger partial charge on any atom is -0.365 e. The first-order valence-corrected chi connectivity index (χ1v) is 8.84. The van der Waals surface area contributed by atoms with Gasteiger partial charge in [-0.15, -0.1) is 0 Å². The molecule has 2 atom stereocenters. The lowest BCUT2D eigenvalue weighted by molar-refractivity contribution is -0.147. The van der Waals surface area contributed by atoms with Crippen LogP contribution in [0, 0.1) is 0 Å². The van der Waals surface area contributed by atoms with E-state index in [1.54, 1.807) is 6.07 Å². The predicted octanol–water partition coefficient (Wildman–Crippen LogP) is 1.56. The molecule has 2 heterocycles. The number of likely N-dealkylation sites (tertiary alicyclic amines) is 1. The number of ether oxygens (including phenoxy) is 1. The van der Waals surface area contributed by atoms with Crippen molar-refractivity contribution in [1.29, 1.82) is 0 Å². The highest BCUT2D eigenvalue weighted by atomic mass is 16.5. The van der Waals surface area contributed by atoms with Crippen LogP contribution in [-0.2, 0) is 9.53 Å². The molecule has 1 aromatic rings. The van der Waals surface area contributed by atoms with Gasteiger partial charge in [-0.2, -0.15) is 5.10 Å². The second-order valence-corrected chi connectivity index (χ2v) is 6.88. The second kappa shape index (κ2) is 7.34. The zero-order valence-corrected chi connectivity index (χ0v) is 14.2. The Hall–Kier alpha value is -1.89. The molecule has 2 amide bonds. The van der Waals surface area contributed by atoms with Crippen molar-refractivity contribution in [2.75, 3.05) is 13.1 Å². The first-order valence-electron chi connectivity index (χ1n) is 8.84. The SMILES string of the molecule is C[C@@H](OC1CCCC1)C(=O)N1CCC[C@@H](c2cc(C(N)=O)n[nH]2)C1. The maximum Gasteiger partial charge on any atom is 0.269 e. The quantitative estimate of drug-likeness (QED) is 0.853. The third-order valence-electron chi connectivity index (χ3n) is 5.07. The molecule has 1 aromatic heterocycles. The summed E-state index contributed by atoms with van der Waals surface area (Å²) < 4.78 is 5.93. The Morgan fingerprint density at radius 2 is 2.08 bits per heavy atom. The Kier molecular flexibility index (Phi) is 5.18. The number of aromatic amines is 1. The van der Waals surface area contributed by atoms with Crippen molar-refractivity contribution in [3.63, 3.8) is 0 Å². The molecule has 1 saturated heterocycles. The maximum absolute atomic E-state index is 12.7. The molecule has 0 bridgehead atoms. The van der Waals surface area contributed by atoms with E-state index in [4.69, 9.17) is 10.5 Å². The minimum atomic E-state index is -0.542. The van der Waals surface area contributed by atoms with Crippen molar-refractivity contribution in [3.8, 4) is 0 Å². The summed E-state index contributed by atoms with van der Waals surface area (Å²) in [6, 6.07) is 1.69. The third kappa shape index (κ3) is 3.77. The third-order valence-corrected chi connectivity index (χ3v) is 5.07. The van der Waals surface area contributed by atoms with Gasteiger partial charge in [0.15, 0.2) is 0 Å². The maximum atomic E-state index is 12.7. The number of nitrogens with one attached hydrogen (secondary N) is 1. The van der Waals surface area contributed by atoms with E-state index in [-0.39, 0.29) is 23.6 Å². The van der Waals surface area contributed by atoms with Crippen LogP contribution in [0.5, 0.6) is 0 Å². The van der Waals surface area contributed by atoms with E-state index in [0.29, 0.717) is 6.54 Å². The van der Waals surface area contributed by atoms with Crippen molar-refractivity contribution < 1.29 is 14.3 Å². The number of nitrogens with zero attached hydrogens (tertiary/aromatic N) is 2. The van der Waals surface area contributed by atoms with Crippen LogP contribution in [0.25, 0.3) is 0 Å². The van der Waals surface area contributed by atoms with E-state index < -0.39 is 12.0 Å². The molecule has 2 fully saturated rings. The van der Waals surface area contributed by atoms with Crippen LogP contribution in [0.2, 0.25) is 0 Å². The van der Waals surface area contributed by atoms with E-state index in [0.717, 1.165) is 37.9 Å². The second-order valence-electron chi connectivity index (χ2n) is 6.88. The molecule has 2 aliphatic rings. The van der Waals surface area contributed by atoms with Crippen LogP contribution in [0.15, 0.2) is 6.07 Å². The first-order chi connectivity index (χ1) is 11.5. The summed E-state index contributed by atoms with van der Waals surface area (Å²) in [6.45, 7) is 3.23. The molecule has 7 nitrogen and oxygen atoms in total. The molecule has 3 N–H and O–H groups in total. The topological polar surface area (TPSA) is 101 Å². The number of primary amides is 1. The number of carbonyl (C=O) groups is 2. The van der Waals surface area contributed by atoms with Crippen LogP contribution in [0.3, 0.4) is 0 Å². The van der Waals surface area contributed by atoms with Gasteiger partial charge in [0, 0.05) is 24.7 Å². The Morgan fingerprint density at radius 3 is 2.75 bits per heavy atom. The number of H-pyrrole nitrogens is 1. The largest absolute Gasteiger partial charge is 0.365 e. The van der Waals surface area contributed by atoms with Gasteiger partial charge in [-0.25, -0.2) is 0 Å². The summed E-state index contributed by atoms with van der Waals surface area (Å²) in [4.78, 5) is 25.7. The van der Waals surface area contributed by atoms with Gasteiger partial charge in [0.1, 0.15) is 11.8 Å². The van der Waals surface area contributed by atoms with Gasteiger partial charge in [0.05, 0.1) is 6.10 Å². The molecule has 3 rings (SSSR count). The molecule has 0 aromatic carbocycles. The van der Waals surface area contributed by atoms with Crippen molar-refractivity contribution >= 4 is 11.8 Å². The molecule has 0 unspecified atom stereocenters. The lowest BCUT2D eigenvalue weighted by Crippen LogP contribution is -2.45. The molecular weight excluding hydrogens is 308 g/mol. The van der Waals surface area contributed by atoms with E-state index in [1.165, 1.54) is 12.8 Å². The van der Waals surface area contributed by atoms with Gasteiger partial charge in [-0.05, 0) is 38.7 Å². The van der Waals surface area contributed by atoms with Crippen molar-refractivity contribution in [2.45, 2.75) is 63.6 Å². The highest BCUT2D eigenvalue weighted by molar-refractivity contribution is 5.90. The van der Waals surface area contributed by atoms with Gasteiger partial charge >= 0.3 is 0 Å². The van der Waals surface area contributed by atoms with Crippen LogP contribution in [0.4, 0.5) is 0 Å². The van der Waals surface area contributed by atoms with E-state index in [9.17, 15) is 9.59 Å². The summed E-state index contributed by atoms with van der Waals surface area (Å²) in [6.07, 6.45) is 6.23. The van der Waals surface area contributed by atoms with Gasteiger partial charge in [0.2, 0.25) is 0 Å². The number of aromatic nitrogens is 2. The van der Waals surface area contributed by atoms with Gasteiger partial charge < -0.3 is 15.4 Å². The fraction of sp³-hybridized carbons (Fsp3) is 0.706. The Bertz CT molecular complexity index is 594. The lowest BCUT2D eigenvalue weighted by Gasteiger charge is -2.34. The van der Waals surface area contributed by atoms with Crippen molar-refractivity contribution in [1.82, 2.24) is 15.1 Å². The fourth-order valence-electron chi connectivity index (χ4n) is 3.73. The molecule has 1 aliphatic carbocycles. The van der Waals surface area contributed by atoms with Gasteiger partial charge in [-0.3, -0.25) is 14.7 Å². The van der Waals surface area contributed by atoms with Gasteiger partial charge in [0.25, 0.3) is 11.8 Å². The summed E-state index contributed by atoms with van der Waals surface area (Å²) in [5.41, 5.74) is 6.36. The molecule has 7 heteroatoms. The molecule has 0 spiro atoms. The van der Waals surface area contributed by atoms with Gasteiger partial charge in [-0.1, -0.05) is 12.8 Å². The monoisotopic (exact) mass is 334 g/mol. The summed E-state index contributed by atoms with van der Waals surface area (Å²) >= 11 is 0. The van der Waals surface area contributed by atoms with E-state index in [1.807, 2.05) is 11.8 Å². The fourth-order valence-corrected chi connectivity index (χ4v) is 3.73. The predicted molar refractivity (Wildman–Crippen MR) is 88.5 cm³/mol. The Morgan fingerprint density at radius 1 is 1.33 bits per heavy atom. The first kappa shape index (κ1) is 17.0. The molecule has 1 aliphatic heterocycles. The zero-order chi connectivity index (χ0) is 17.1. The van der Waals surface area contributed by atoms with Crippen LogP contribution in [-0.4, -0.2) is 52.2 Å². The van der Waals surface area contributed by atoms with Crippen LogP contribution >= 0.6 is 0 Å². The number of hydrogen-bond donors (Lipinski definition) is 2. The van der Waals surface area contributed by atoms with Crippen molar-refractivity contribution in [3.05, 3.63) is 17.5 Å². The standard InChI is InChI=1S/C17H26N4O3/c1-11(24-13-6-2-3-7-13)17(23)21-8-4-5-12(10-21)14-9-15(16(18)22)20-19-14/h9,11-13H,2-8,10H2,1H3,(H2,18,22)(H,19,20)/t11-,12-/m1/s1. The van der Waals surface area contributed by atoms with E-state index >= 15 is 0 Å². The number of nitrogens with two attached hydrogens (primary N) is 1. The number of hydrogen-bond acceptors (Lipinski definition) is 4. The summed E-state index contributed by atoms with van der Waals surface area (Å²) in [7, 11) is 0. The number of amides is 2. The summed E-state index contributed by atoms with van der Waals surface area (Å²) in [5.74, 6) is -0.331. The normalized spacial score (nSPS) is 23.4. The molecular formula is C17H26N4O3. The highest BCUT2D eigenvalue weighted by Crippen LogP contribution is 2.27. The number of piperidine rings is 1. The van der Waals surface area contributed by atoms with E-state index in [2.05, 4.69) is 10.2 Å². The zero-order valence-electron chi connectivity index (χ0n) is 14.2. The van der Waals surface area contributed by atoms with Crippen molar-refractivity contribution in [2.24, 2.45) is 5.73 Å². The molecule has 24 heavy (non-hydrogen) atoms. The average Bonchev–Trinajstić information content (AvgIpc) is 3.25. The Labute approximate surface area is 141 Å². The molecule has 0 radical (unpaired) electrons. The highest BCUT2D eigenvalue weighted by Gasteiger charge is 2.30. The minimum absolute atomic E-state index is 0.0567. The molecule has 1 saturated carbocycles. The van der Waals surface area contributed by atoms with Crippen LogP contribution in [0.1, 0.15) is 67.5 Å². The smallest absolute Gasteiger partial charge is 0.269 e. The average molecular weight is 334 g/mol.